The first kappa shape index (κ1) is 22.6. The van der Waals surface area contributed by atoms with E-state index in [2.05, 4.69) is 51.7 Å². The van der Waals surface area contributed by atoms with Gasteiger partial charge in [0, 0.05) is 0 Å². The quantitative estimate of drug-likeness (QED) is 0.578. The Morgan fingerprint density at radius 2 is 1.41 bits per heavy atom. The molecule has 4 nitrogen and oxygen atoms in total. The van der Waals surface area contributed by atoms with Gasteiger partial charge in [0.2, 0.25) is 0 Å². The summed E-state index contributed by atoms with van der Waals surface area (Å²) in [5.74, 6) is 0.812. The van der Waals surface area contributed by atoms with Gasteiger partial charge in [0.25, 0.3) is 0 Å². The topological polar surface area (TPSA) is 68.9 Å². The van der Waals surface area contributed by atoms with Gasteiger partial charge in [0.1, 0.15) is 0 Å². The summed E-state index contributed by atoms with van der Waals surface area (Å²) in [6, 6.07) is 17.7. The van der Waals surface area contributed by atoms with Gasteiger partial charge in [0.15, 0.2) is 0 Å². The number of hydrogen-bond acceptors (Lipinski definition) is 1. The second kappa shape index (κ2) is 15.7. The Kier molecular flexibility index (Phi) is 16.2. The van der Waals surface area contributed by atoms with Gasteiger partial charge in [-0.3, -0.25) is 0 Å². The molecule has 2 aromatic carbocycles. The van der Waals surface area contributed by atoms with E-state index in [-0.39, 0.29) is 0 Å². The number of halogens is 1. The monoisotopic (exact) mass is 396 g/mol. The molecule has 0 bridgehead atoms. The van der Waals surface area contributed by atoms with Crippen LogP contribution in [0.1, 0.15) is 5.56 Å². The Bertz CT molecular complexity index is 607. The molecule has 0 spiro atoms. The molecule has 0 heterocycles. The Morgan fingerprint density at radius 3 is 1.91 bits per heavy atom. The Morgan fingerprint density at radius 1 is 0.864 bits per heavy atom. The molecule has 0 saturated carbocycles. The van der Waals surface area contributed by atoms with Crippen LogP contribution < -0.4 is 4.74 Å². The van der Waals surface area contributed by atoms with Crippen molar-refractivity contribution in [2.75, 3.05) is 0 Å². The van der Waals surface area contributed by atoms with E-state index in [0.717, 1.165) is 20.4 Å². The number of hydrogen-bond donors (Lipinski definition) is 0. The molecule has 22 heavy (non-hydrogen) atoms. The van der Waals surface area contributed by atoms with E-state index < -0.39 is 0 Å². The van der Waals surface area contributed by atoms with Crippen molar-refractivity contribution in [1.82, 2.24) is 0 Å². The average molecular weight is 397 g/mol. The Hall–Kier alpha value is -1.66. The maximum atomic E-state index is 7.50. The normalized spacial score (nSPS) is 7.41. The number of benzene rings is 2. The zero-order chi connectivity index (χ0) is 17.4. The fourth-order valence-electron chi connectivity index (χ4n) is 1.27. The molecule has 110 valence electrons. The van der Waals surface area contributed by atoms with Gasteiger partial charge in [-0.05, 0) is 0 Å². The van der Waals surface area contributed by atoms with Crippen LogP contribution in [0.25, 0.3) is 0 Å². The van der Waals surface area contributed by atoms with Crippen molar-refractivity contribution in [2.24, 2.45) is 0 Å². The molecule has 0 N–H and O–H groups in total. The van der Waals surface area contributed by atoms with Crippen LogP contribution in [-0.2, 0) is 29.8 Å². The van der Waals surface area contributed by atoms with Crippen LogP contribution in [0, 0.1) is 20.0 Å². The molecule has 0 aliphatic heterocycles. The van der Waals surface area contributed by atoms with Gasteiger partial charge in [-0.2, -0.15) is 0 Å². The van der Waals surface area contributed by atoms with Crippen molar-refractivity contribution in [1.29, 1.82) is 0 Å². The third-order valence-corrected chi connectivity index (χ3v) is 3.01. The molecule has 0 saturated heterocycles. The second-order valence-corrected chi connectivity index (χ2v) is 4.71. The van der Waals surface area contributed by atoms with Crippen LogP contribution in [0.15, 0.2) is 59.1 Å². The molecule has 2 aromatic rings. The molecule has 0 aliphatic carbocycles. The minimum absolute atomic E-state index is 0.777. The van der Waals surface area contributed by atoms with E-state index in [4.69, 9.17) is 18.7 Å². The predicted octanol–water partition coefficient (Wildman–Crippen LogP) is 3.44. The van der Waals surface area contributed by atoms with Crippen molar-refractivity contribution in [3.63, 3.8) is 0 Å². The molecule has 0 radical (unpaired) electrons. The molecular weight excluding hydrogens is 388 g/mol. The van der Waals surface area contributed by atoms with E-state index in [1.54, 1.807) is 0 Å². The SMILES string of the molecule is [C-]#[O+].[C-]#[O+].[C-]#[O+].[Cr]=[C](Oc1cccc(Br)c1)c1ccccc1. The summed E-state index contributed by atoms with van der Waals surface area (Å²) in [5.41, 5.74) is 1.04. The molecule has 0 unspecified atom stereocenters. The van der Waals surface area contributed by atoms with Crippen molar-refractivity contribution in [3.05, 3.63) is 84.6 Å². The van der Waals surface area contributed by atoms with Crippen molar-refractivity contribution < 1.29 is 34.5 Å². The van der Waals surface area contributed by atoms with E-state index in [1.807, 2.05) is 54.6 Å². The zero-order valence-electron chi connectivity index (χ0n) is 11.1. The number of ether oxygens (including phenoxy) is 1. The van der Waals surface area contributed by atoms with Crippen LogP contribution >= 0.6 is 15.9 Å². The van der Waals surface area contributed by atoms with Crippen molar-refractivity contribution in [3.8, 4) is 5.75 Å². The zero-order valence-corrected chi connectivity index (χ0v) is 14.0. The Labute approximate surface area is 145 Å². The summed E-state index contributed by atoms with van der Waals surface area (Å²) >= 11 is 6.35. The standard InChI is InChI=1S/C13H9BrO.3CO.Cr/c14-12-7-4-8-13(9-12)15-10-11-5-2-1-3-6-11;3*1-2;/h1-9H;;;;. The van der Waals surface area contributed by atoms with Crippen LogP contribution in [0.2, 0.25) is 0 Å². The fourth-order valence-corrected chi connectivity index (χ4v) is 2.01. The maximum absolute atomic E-state index is 7.50. The van der Waals surface area contributed by atoms with Crippen molar-refractivity contribution >= 4 is 20.5 Å². The van der Waals surface area contributed by atoms with E-state index in [1.165, 1.54) is 0 Å². The van der Waals surface area contributed by atoms with E-state index in [0.29, 0.717) is 0 Å². The van der Waals surface area contributed by atoms with Gasteiger partial charge in [-0.1, -0.05) is 0 Å². The van der Waals surface area contributed by atoms with Gasteiger partial charge in [-0.25, -0.2) is 0 Å². The summed E-state index contributed by atoms with van der Waals surface area (Å²) in [6.07, 6.45) is 0. The predicted molar refractivity (Wildman–Crippen MR) is 77.1 cm³/mol. The summed E-state index contributed by atoms with van der Waals surface area (Å²) < 4.78 is 30.0. The summed E-state index contributed by atoms with van der Waals surface area (Å²) in [6.45, 7) is 13.5. The molecule has 0 amide bonds. The average Bonchev–Trinajstić information content (AvgIpc) is 2.61. The molecule has 0 aliphatic rings. The fraction of sp³-hybridized carbons (Fsp3) is 0. The van der Waals surface area contributed by atoms with Crippen LogP contribution in [-0.4, -0.2) is 4.57 Å². The minimum atomic E-state index is 0.777. The third-order valence-electron chi connectivity index (χ3n) is 2.02. The van der Waals surface area contributed by atoms with E-state index >= 15 is 0 Å². The second-order valence-electron chi connectivity index (χ2n) is 3.21. The molecule has 0 atom stereocenters. The number of rotatable bonds is 3. The van der Waals surface area contributed by atoms with Crippen LogP contribution in [0.3, 0.4) is 0 Å². The van der Waals surface area contributed by atoms with Gasteiger partial charge in [-0.15, -0.1) is 0 Å². The molecule has 2 rings (SSSR count). The molecule has 6 heteroatoms. The summed E-state index contributed by atoms with van der Waals surface area (Å²) in [4.78, 5) is 0. The Balaban J connectivity index is 0. The van der Waals surface area contributed by atoms with Gasteiger partial charge in [0.05, 0.1) is 0 Å². The molecular formula is C16H9BrCrO4. The third kappa shape index (κ3) is 9.31. The van der Waals surface area contributed by atoms with Crippen molar-refractivity contribution in [2.45, 2.75) is 0 Å². The van der Waals surface area contributed by atoms with E-state index in [9.17, 15) is 0 Å². The van der Waals surface area contributed by atoms with Gasteiger partial charge >= 0.3 is 145 Å². The van der Waals surface area contributed by atoms with Crippen LogP contribution in [0.5, 0.6) is 5.75 Å². The first-order valence-electron chi connectivity index (χ1n) is 5.40. The van der Waals surface area contributed by atoms with Gasteiger partial charge < -0.3 is 0 Å². The molecule has 0 fully saturated rings. The van der Waals surface area contributed by atoms with Crippen LogP contribution in [0.4, 0.5) is 0 Å². The first-order valence-corrected chi connectivity index (χ1v) is 6.83. The summed E-state index contributed by atoms with van der Waals surface area (Å²) in [7, 11) is 0. The first-order chi connectivity index (χ1) is 10.8. The molecule has 0 aromatic heterocycles. The summed E-state index contributed by atoms with van der Waals surface area (Å²) in [5, 5.41) is 0.